The van der Waals surface area contributed by atoms with E-state index >= 15 is 0 Å². The number of hydrogen-bond donors (Lipinski definition) is 2. The number of imidazole rings is 1. The summed E-state index contributed by atoms with van der Waals surface area (Å²) in [5.74, 6) is 1.30. The van der Waals surface area contributed by atoms with E-state index in [-0.39, 0.29) is 16.9 Å². The minimum atomic E-state index is -3.70. The molecule has 2 heterocycles. The smallest absolute Gasteiger partial charge is 0.241 e. The van der Waals surface area contributed by atoms with Crippen LogP contribution in [0.3, 0.4) is 0 Å². The zero-order valence-electron chi connectivity index (χ0n) is 20.5. The lowest BCUT2D eigenvalue weighted by atomic mass is 9.48. The standard InChI is InChI=1S/C29H30N4O3S/c30-15-18-5-7-22(8-6-18)37(35,36)32-29-12-19-9-20(13-29)28(21(10-19)14-29)27(34)11-25-23-3-1-2-4-24(23)26-16-31-17-33(25)26/h1-8,16-17,19-21,25,27-28,32,34H,9-14H2/t19?,20?,21?,25?,27-,28?,29?/m0/s1. The Hall–Kier alpha value is -2.99. The molecule has 1 aliphatic heterocycles. The Morgan fingerprint density at radius 2 is 1.84 bits per heavy atom. The van der Waals surface area contributed by atoms with Gasteiger partial charge in [0.05, 0.1) is 46.9 Å². The van der Waals surface area contributed by atoms with Gasteiger partial charge < -0.3 is 9.67 Å². The van der Waals surface area contributed by atoms with Gasteiger partial charge in [-0.25, -0.2) is 18.1 Å². The van der Waals surface area contributed by atoms with Crippen molar-refractivity contribution in [3.8, 4) is 17.3 Å². The van der Waals surface area contributed by atoms with E-state index in [4.69, 9.17) is 5.26 Å². The summed E-state index contributed by atoms with van der Waals surface area (Å²) in [5, 5.41) is 20.7. The van der Waals surface area contributed by atoms with Crippen LogP contribution in [0.1, 0.15) is 55.7 Å². The van der Waals surface area contributed by atoms with Crippen LogP contribution in [-0.4, -0.2) is 34.7 Å². The van der Waals surface area contributed by atoms with E-state index in [1.807, 2.05) is 24.7 Å². The first kappa shape index (κ1) is 23.2. The van der Waals surface area contributed by atoms with Gasteiger partial charge in [-0.1, -0.05) is 24.3 Å². The number of aliphatic hydroxyl groups excluding tert-OH is 1. The van der Waals surface area contributed by atoms with E-state index in [1.165, 1.54) is 23.3 Å². The SMILES string of the molecule is N#Cc1ccc(S(=O)(=O)NC23CC4CC(C2)C([C@@H](O)CC2c5ccccc5-c5cncn52)C(C4)C3)cc1. The van der Waals surface area contributed by atoms with E-state index in [0.717, 1.165) is 37.8 Å². The lowest BCUT2D eigenvalue weighted by molar-refractivity contribution is -0.106. The van der Waals surface area contributed by atoms with Gasteiger partial charge >= 0.3 is 0 Å². The molecule has 3 aromatic rings. The lowest BCUT2D eigenvalue weighted by Crippen LogP contribution is -2.63. The summed E-state index contributed by atoms with van der Waals surface area (Å²) in [6.45, 7) is 0. The van der Waals surface area contributed by atoms with Gasteiger partial charge in [0.1, 0.15) is 0 Å². The van der Waals surface area contributed by atoms with Crippen molar-refractivity contribution in [2.45, 2.75) is 61.1 Å². The predicted octanol–water partition coefficient (Wildman–Crippen LogP) is 4.25. The number of sulfonamides is 1. The van der Waals surface area contributed by atoms with Crippen molar-refractivity contribution in [1.82, 2.24) is 14.3 Å². The highest BCUT2D eigenvalue weighted by Crippen LogP contribution is 2.60. The Morgan fingerprint density at radius 1 is 1.11 bits per heavy atom. The maximum Gasteiger partial charge on any atom is 0.241 e. The van der Waals surface area contributed by atoms with Gasteiger partial charge in [0.25, 0.3) is 0 Å². The quantitative estimate of drug-likeness (QED) is 0.511. The zero-order valence-corrected chi connectivity index (χ0v) is 21.3. The van der Waals surface area contributed by atoms with Gasteiger partial charge in [-0.15, -0.1) is 0 Å². The summed E-state index contributed by atoms with van der Waals surface area (Å²) in [5.41, 5.74) is 3.54. The van der Waals surface area contributed by atoms with Gasteiger partial charge in [0.2, 0.25) is 10.0 Å². The molecule has 8 rings (SSSR count). The molecule has 4 saturated carbocycles. The number of benzene rings is 2. The fourth-order valence-electron chi connectivity index (χ4n) is 8.43. The van der Waals surface area contributed by atoms with E-state index in [9.17, 15) is 13.5 Å². The van der Waals surface area contributed by atoms with Gasteiger partial charge in [0.15, 0.2) is 0 Å². The summed E-state index contributed by atoms with van der Waals surface area (Å²) in [6, 6.07) is 16.6. The Kier molecular flexibility index (Phi) is 5.17. The molecule has 8 heteroatoms. The van der Waals surface area contributed by atoms with Crippen LogP contribution in [0.15, 0.2) is 66.0 Å². The molecular formula is C29H30N4O3S. The monoisotopic (exact) mass is 514 g/mol. The fourth-order valence-corrected chi connectivity index (χ4v) is 9.86. The third-order valence-corrected chi connectivity index (χ3v) is 11.1. The maximum atomic E-state index is 13.3. The Labute approximate surface area is 217 Å². The molecule has 190 valence electrons. The summed E-state index contributed by atoms with van der Waals surface area (Å²) in [4.78, 5) is 4.57. The first-order valence-corrected chi connectivity index (χ1v) is 14.7. The van der Waals surface area contributed by atoms with Crippen LogP contribution in [0.4, 0.5) is 0 Å². The average molecular weight is 515 g/mol. The highest BCUT2D eigenvalue weighted by molar-refractivity contribution is 7.89. The Bertz CT molecular complexity index is 1490. The van der Waals surface area contributed by atoms with E-state index < -0.39 is 21.7 Å². The van der Waals surface area contributed by atoms with Crippen LogP contribution in [0, 0.1) is 35.0 Å². The number of fused-ring (bicyclic) bond motifs is 3. The van der Waals surface area contributed by atoms with Crippen LogP contribution in [0.2, 0.25) is 0 Å². The average Bonchev–Trinajstić information content (AvgIpc) is 3.45. The van der Waals surface area contributed by atoms with Crippen LogP contribution in [0.5, 0.6) is 0 Å². The van der Waals surface area contributed by atoms with Gasteiger partial charge in [-0.2, -0.15) is 5.26 Å². The van der Waals surface area contributed by atoms with Gasteiger partial charge in [-0.3, -0.25) is 0 Å². The summed E-state index contributed by atoms with van der Waals surface area (Å²) in [6.07, 6.45) is 8.51. The number of nitrogens with zero attached hydrogens (tertiary/aromatic N) is 3. The number of hydrogen-bond acceptors (Lipinski definition) is 5. The molecule has 7 nitrogen and oxygen atoms in total. The molecule has 0 saturated heterocycles. The molecule has 0 radical (unpaired) electrons. The molecule has 2 N–H and O–H groups in total. The predicted molar refractivity (Wildman–Crippen MR) is 138 cm³/mol. The van der Waals surface area contributed by atoms with Crippen molar-refractivity contribution in [2.24, 2.45) is 23.7 Å². The third kappa shape index (κ3) is 3.67. The molecule has 1 aromatic heterocycles. The van der Waals surface area contributed by atoms with E-state index in [2.05, 4.69) is 32.5 Å². The second-order valence-corrected chi connectivity index (χ2v) is 13.3. The number of aliphatic hydroxyl groups is 1. The van der Waals surface area contributed by atoms with Gasteiger partial charge in [-0.05, 0) is 92.0 Å². The normalized spacial score (nSPS) is 32.1. The molecular weight excluding hydrogens is 484 g/mol. The minimum absolute atomic E-state index is 0.0738. The molecule has 4 fully saturated rings. The van der Waals surface area contributed by atoms with Crippen LogP contribution in [-0.2, 0) is 10.0 Å². The summed E-state index contributed by atoms with van der Waals surface area (Å²) < 4.78 is 31.9. The van der Waals surface area contributed by atoms with Crippen LogP contribution >= 0.6 is 0 Å². The largest absolute Gasteiger partial charge is 0.393 e. The first-order valence-electron chi connectivity index (χ1n) is 13.2. The van der Waals surface area contributed by atoms with Crippen molar-refractivity contribution in [1.29, 1.82) is 5.26 Å². The summed E-state index contributed by atoms with van der Waals surface area (Å²) in [7, 11) is -3.70. The number of nitrogens with one attached hydrogen (secondary N) is 1. The second kappa shape index (κ2) is 8.26. The maximum absolute atomic E-state index is 13.3. The Balaban J connectivity index is 1.11. The molecule has 0 spiro atoms. The number of nitriles is 1. The van der Waals surface area contributed by atoms with Gasteiger partial charge in [0, 0.05) is 11.1 Å². The van der Waals surface area contributed by atoms with Crippen molar-refractivity contribution in [3.05, 3.63) is 72.2 Å². The van der Waals surface area contributed by atoms with Crippen molar-refractivity contribution in [2.75, 3.05) is 0 Å². The molecule has 37 heavy (non-hydrogen) atoms. The molecule has 3 unspecified atom stereocenters. The molecule has 5 aliphatic rings. The van der Waals surface area contributed by atoms with Crippen LogP contribution in [0.25, 0.3) is 11.3 Å². The zero-order chi connectivity index (χ0) is 25.4. The third-order valence-electron chi connectivity index (χ3n) is 9.50. The lowest BCUT2D eigenvalue weighted by Gasteiger charge is -2.61. The first-order chi connectivity index (χ1) is 17.9. The highest BCUT2D eigenvalue weighted by atomic mass is 32.2. The van der Waals surface area contributed by atoms with Crippen LogP contribution < -0.4 is 4.72 Å². The van der Waals surface area contributed by atoms with Crippen molar-refractivity contribution < 1.29 is 13.5 Å². The molecule has 4 aliphatic carbocycles. The number of aromatic nitrogens is 2. The van der Waals surface area contributed by atoms with Crippen molar-refractivity contribution in [3.63, 3.8) is 0 Å². The molecule has 0 amide bonds. The topological polar surface area (TPSA) is 108 Å². The fraction of sp³-hybridized carbons (Fsp3) is 0.448. The highest BCUT2D eigenvalue weighted by Gasteiger charge is 2.58. The minimum Gasteiger partial charge on any atom is -0.393 e. The van der Waals surface area contributed by atoms with Crippen molar-refractivity contribution >= 4 is 10.0 Å². The Morgan fingerprint density at radius 3 is 2.57 bits per heavy atom. The second-order valence-electron chi connectivity index (χ2n) is 11.7. The van der Waals surface area contributed by atoms with E-state index in [0.29, 0.717) is 29.7 Å². The summed E-state index contributed by atoms with van der Waals surface area (Å²) >= 11 is 0. The molecule has 4 bridgehead atoms. The molecule has 4 atom stereocenters. The number of rotatable bonds is 6. The molecule has 2 aromatic carbocycles. The van der Waals surface area contributed by atoms with E-state index in [1.54, 1.807) is 12.1 Å².